The molecule has 0 radical (unpaired) electrons. The lowest BCUT2D eigenvalue weighted by atomic mass is 10.0. The number of ether oxygens (including phenoxy) is 3. The molecule has 2 aromatic carbocycles. The van der Waals surface area contributed by atoms with E-state index in [2.05, 4.69) is 4.90 Å². The molecule has 196 valence electrons. The Bertz CT molecular complexity index is 1460. The topological polar surface area (TPSA) is 82.4 Å². The van der Waals surface area contributed by atoms with Gasteiger partial charge in [0.15, 0.2) is 0 Å². The molecule has 9 heteroatoms. The summed E-state index contributed by atoms with van der Waals surface area (Å²) in [5.74, 6) is -1.12. The molecule has 0 unspecified atom stereocenters. The van der Waals surface area contributed by atoms with Crippen molar-refractivity contribution in [3.8, 4) is 22.4 Å². The van der Waals surface area contributed by atoms with E-state index >= 15 is 0 Å². The molecule has 0 bridgehead atoms. The number of hydrogen-bond acceptors (Lipinski definition) is 7. The van der Waals surface area contributed by atoms with Crippen molar-refractivity contribution in [2.24, 2.45) is 0 Å². The zero-order valence-electron chi connectivity index (χ0n) is 21.3. The Morgan fingerprint density at radius 2 is 1.53 bits per heavy atom. The first kappa shape index (κ1) is 25.4. The van der Waals surface area contributed by atoms with Crippen molar-refractivity contribution < 1.29 is 28.2 Å². The molecule has 38 heavy (non-hydrogen) atoms. The van der Waals surface area contributed by atoms with E-state index in [0.29, 0.717) is 54.5 Å². The highest BCUT2D eigenvalue weighted by atomic mass is 19.1. The molecule has 4 aromatic rings. The SMILES string of the molecule is CCOC(=O)c1c(C(=O)OCC)c2c(-c3ccccc3)cc(N3CCOCC3)nn2c1-c1ccc(F)cc1. The Balaban J connectivity index is 1.93. The highest BCUT2D eigenvalue weighted by molar-refractivity contribution is 6.15. The van der Waals surface area contributed by atoms with Gasteiger partial charge in [-0.2, -0.15) is 0 Å². The first-order chi connectivity index (χ1) is 18.5. The van der Waals surface area contributed by atoms with Crippen molar-refractivity contribution in [2.45, 2.75) is 13.8 Å². The summed E-state index contributed by atoms with van der Waals surface area (Å²) in [6.45, 7) is 5.99. The van der Waals surface area contributed by atoms with E-state index in [1.165, 1.54) is 12.1 Å². The van der Waals surface area contributed by atoms with Crippen LogP contribution < -0.4 is 4.90 Å². The molecule has 0 saturated carbocycles. The van der Waals surface area contributed by atoms with Crippen LogP contribution in [0.2, 0.25) is 0 Å². The third kappa shape index (κ3) is 4.72. The summed E-state index contributed by atoms with van der Waals surface area (Å²) < 4.78 is 31.9. The fourth-order valence-corrected chi connectivity index (χ4v) is 4.70. The van der Waals surface area contributed by atoms with Crippen LogP contribution in [-0.4, -0.2) is 61.1 Å². The van der Waals surface area contributed by atoms with E-state index in [0.717, 1.165) is 5.56 Å². The molecule has 0 atom stereocenters. The number of fused-ring (bicyclic) bond motifs is 1. The summed E-state index contributed by atoms with van der Waals surface area (Å²) in [6, 6.07) is 17.2. The lowest BCUT2D eigenvalue weighted by Gasteiger charge is -2.28. The molecule has 2 aromatic heterocycles. The van der Waals surface area contributed by atoms with Gasteiger partial charge in [0.1, 0.15) is 22.8 Å². The van der Waals surface area contributed by atoms with Crippen LogP contribution in [-0.2, 0) is 14.2 Å². The monoisotopic (exact) mass is 517 g/mol. The lowest BCUT2D eigenvalue weighted by molar-refractivity contribution is 0.0482. The maximum absolute atomic E-state index is 13.9. The summed E-state index contributed by atoms with van der Waals surface area (Å²) >= 11 is 0. The zero-order valence-corrected chi connectivity index (χ0v) is 21.3. The fourth-order valence-electron chi connectivity index (χ4n) is 4.70. The molecule has 5 rings (SSSR count). The van der Waals surface area contributed by atoms with Gasteiger partial charge in [0.2, 0.25) is 0 Å². The molecule has 1 aliphatic heterocycles. The minimum absolute atomic E-state index is 0.0284. The third-order valence-electron chi connectivity index (χ3n) is 6.37. The summed E-state index contributed by atoms with van der Waals surface area (Å²) in [4.78, 5) is 29.1. The van der Waals surface area contributed by atoms with Crippen molar-refractivity contribution >= 4 is 23.3 Å². The minimum atomic E-state index is -0.688. The van der Waals surface area contributed by atoms with Crippen LogP contribution in [0.5, 0.6) is 0 Å². The Hall–Kier alpha value is -4.24. The van der Waals surface area contributed by atoms with Crippen LogP contribution in [0.1, 0.15) is 34.6 Å². The van der Waals surface area contributed by atoms with Crippen molar-refractivity contribution in [3.05, 3.63) is 77.6 Å². The highest BCUT2D eigenvalue weighted by Crippen LogP contribution is 2.39. The molecule has 1 saturated heterocycles. The smallest absolute Gasteiger partial charge is 0.341 e. The van der Waals surface area contributed by atoms with Gasteiger partial charge in [-0.25, -0.2) is 18.5 Å². The molecule has 1 aliphatic rings. The maximum Gasteiger partial charge on any atom is 0.341 e. The molecule has 0 spiro atoms. The van der Waals surface area contributed by atoms with Gasteiger partial charge in [0.05, 0.1) is 37.6 Å². The highest BCUT2D eigenvalue weighted by Gasteiger charge is 2.34. The van der Waals surface area contributed by atoms with Gasteiger partial charge >= 0.3 is 11.9 Å². The van der Waals surface area contributed by atoms with E-state index in [4.69, 9.17) is 19.3 Å². The van der Waals surface area contributed by atoms with Crippen molar-refractivity contribution in [2.75, 3.05) is 44.4 Å². The molecule has 0 aliphatic carbocycles. The zero-order chi connectivity index (χ0) is 26.6. The molecule has 3 heterocycles. The van der Waals surface area contributed by atoms with E-state index in [1.807, 2.05) is 36.4 Å². The van der Waals surface area contributed by atoms with Crippen LogP contribution in [0.15, 0.2) is 60.7 Å². The van der Waals surface area contributed by atoms with Crippen molar-refractivity contribution in [1.29, 1.82) is 0 Å². The van der Waals surface area contributed by atoms with E-state index < -0.39 is 17.8 Å². The number of halogens is 1. The average molecular weight is 518 g/mol. The van der Waals surface area contributed by atoms with Crippen LogP contribution in [0.25, 0.3) is 27.9 Å². The van der Waals surface area contributed by atoms with Gasteiger partial charge in [0.25, 0.3) is 0 Å². The number of nitrogens with zero attached hydrogens (tertiary/aromatic N) is 3. The first-order valence-electron chi connectivity index (χ1n) is 12.6. The van der Waals surface area contributed by atoms with Crippen LogP contribution >= 0.6 is 0 Å². The largest absolute Gasteiger partial charge is 0.462 e. The number of morpholine rings is 1. The van der Waals surface area contributed by atoms with Gasteiger partial charge in [-0.3, -0.25) is 0 Å². The number of rotatable bonds is 7. The summed E-state index contributed by atoms with van der Waals surface area (Å²) in [5.41, 5.74) is 2.86. The van der Waals surface area contributed by atoms with Gasteiger partial charge < -0.3 is 19.1 Å². The van der Waals surface area contributed by atoms with E-state index in [9.17, 15) is 14.0 Å². The normalized spacial score (nSPS) is 13.5. The number of benzene rings is 2. The molecule has 8 nitrogen and oxygen atoms in total. The van der Waals surface area contributed by atoms with Crippen molar-refractivity contribution in [1.82, 2.24) is 9.61 Å². The van der Waals surface area contributed by atoms with E-state index in [-0.39, 0.29) is 24.3 Å². The second-order valence-corrected chi connectivity index (χ2v) is 8.69. The molecule has 0 N–H and O–H groups in total. The Labute approximate surface area is 219 Å². The summed E-state index contributed by atoms with van der Waals surface area (Å²) in [6.07, 6.45) is 0. The van der Waals surface area contributed by atoms with E-state index in [1.54, 1.807) is 30.5 Å². The Morgan fingerprint density at radius 1 is 0.895 bits per heavy atom. The Kier molecular flexibility index (Phi) is 7.37. The Morgan fingerprint density at radius 3 is 2.16 bits per heavy atom. The number of carbonyl (C=O) groups excluding carboxylic acids is 2. The predicted molar refractivity (Wildman–Crippen MR) is 141 cm³/mol. The second-order valence-electron chi connectivity index (χ2n) is 8.69. The van der Waals surface area contributed by atoms with Gasteiger partial charge in [-0.15, -0.1) is 5.10 Å². The predicted octanol–water partition coefficient (Wildman–Crippen LogP) is 5.00. The van der Waals surface area contributed by atoms with Gasteiger partial charge in [-0.05, 0) is 49.7 Å². The standard InChI is InChI=1S/C29H28FN3O5/c1-3-37-28(34)24-25(29(35)38-4-2)27-22(19-8-6-5-7-9-19)18-23(32-14-16-36-17-15-32)31-33(27)26(24)20-10-12-21(30)13-11-20/h5-13,18H,3-4,14-17H2,1-2H3. The third-order valence-corrected chi connectivity index (χ3v) is 6.37. The fraction of sp³-hybridized carbons (Fsp3) is 0.276. The molecular weight excluding hydrogens is 489 g/mol. The number of anilines is 1. The van der Waals surface area contributed by atoms with Gasteiger partial charge in [-0.1, -0.05) is 30.3 Å². The number of aromatic nitrogens is 2. The van der Waals surface area contributed by atoms with Gasteiger partial charge in [0, 0.05) is 24.2 Å². The minimum Gasteiger partial charge on any atom is -0.462 e. The van der Waals surface area contributed by atoms with Crippen molar-refractivity contribution in [3.63, 3.8) is 0 Å². The quantitative estimate of drug-likeness (QED) is 0.319. The average Bonchev–Trinajstić information content (AvgIpc) is 3.30. The molecule has 0 amide bonds. The molecule has 1 fully saturated rings. The number of esters is 2. The second kappa shape index (κ2) is 11.0. The first-order valence-corrected chi connectivity index (χ1v) is 12.6. The van der Waals surface area contributed by atoms with Crippen LogP contribution in [0.3, 0.4) is 0 Å². The van der Waals surface area contributed by atoms with Crippen LogP contribution in [0, 0.1) is 5.82 Å². The number of hydrogen-bond donors (Lipinski definition) is 0. The van der Waals surface area contributed by atoms with Crippen LogP contribution in [0.4, 0.5) is 10.2 Å². The lowest BCUT2D eigenvalue weighted by Crippen LogP contribution is -2.37. The summed E-state index contributed by atoms with van der Waals surface area (Å²) in [7, 11) is 0. The maximum atomic E-state index is 13.9. The molecular formula is C29H28FN3O5. The summed E-state index contributed by atoms with van der Waals surface area (Å²) in [5, 5.41) is 4.93. The number of carbonyl (C=O) groups is 2.